The number of nitrogens with zero attached hydrogens (tertiary/aromatic N) is 3. The molecule has 126 valence electrons. The molecule has 0 unspecified atom stereocenters. The van der Waals surface area contributed by atoms with Gasteiger partial charge in [-0.15, -0.1) is 0 Å². The average Bonchev–Trinajstić information content (AvgIpc) is 2.67. The fourth-order valence-corrected chi connectivity index (χ4v) is 2.09. The molecule has 0 saturated carbocycles. The van der Waals surface area contributed by atoms with Gasteiger partial charge < -0.3 is 19.4 Å². The molecule has 1 fully saturated rings. The van der Waals surface area contributed by atoms with Crippen LogP contribution in [0.2, 0.25) is 0 Å². The molecule has 23 heavy (non-hydrogen) atoms. The second kappa shape index (κ2) is 6.37. The first-order chi connectivity index (χ1) is 10.6. The van der Waals surface area contributed by atoms with Gasteiger partial charge in [0.05, 0.1) is 30.3 Å². The van der Waals surface area contributed by atoms with Crippen molar-refractivity contribution in [2.45, 2.75) is 45.5 Å². The molecule has 0 aliphatic carbocycles. The zero-order valence-corrected chi connectivity index (χ0v) is 14.6. The summed E-state index contributed by atoms with van der Waals surface area (Å²) in [7, 11) is 2.69. The summed E-state index contributed by atoms with van der Waals surface area (Å²) >= 11 is 0. The predicted molar refractivity (Wildman–Crippen MR) is 86.7 cm³/mol. The summed E-state index contributed by atoms with van der Waals surface area (Å²) in [6.07, 6.45) is 0. The summed E-state index contributed by atoms with van der Waals surface area (Å²) in [5.41, 5.74) is 0.921. The summed E-state index contributed by atoms with van der Waals surface area (Å²) in [6.45, 7) is 8.19. The molecule has 0 amide bonds. The van der Waals surface area contributed by atoms with Crippen molar-refractivity contribution < 1.29 is 19.1 Å². The van der Waals surface area contributed by atoms with Crippen molar-refractivity contribution >= 4 is 12.6 Å². The van der Waals surface area contributed by atoms with Crippen molar-refractivity contribution in [3.63, 3.8) is 0 Å². The van der Waals surface area contributed by atoms with Crippen molar-refractivity contribution in [1.29, 1.82) is 0 Å². The second-order valence-electron chi connectivity index (χ2n) is 6.74. The van der Waals surface area contributed by atoms with Crippen molar-refractivity contribution in [3.8, 4) is 0 Å². The maximum atomic E-state index is 11.3. The Balaban J connectivity index is 2.15. The molecule has 1 aliphatic rings. The smallest absolute Gasteiger partial charge is 0.495 e. The lowest BCUT2D eigenvalue weighted by atomic mass is 9.76. The summed E-state index contributed by atoms with van der Waals surface area (Å²) in [5, 5.41) is 16.1. The Bertz CT molecular complexity index is 574. The van der Waals surface area contributed by atoms with Gasteiger partial charge in [0.15, 0.2) is 0 Å². The van der Waals surface area contributed by atoms with Gasteiger partial charge in [0.25, 0.3) is 0 Å². The maximum Gasteiger partial charge on any atom is 0.495 e. The molecule has 1 aromatic rings. The highest BCUT2D eigenvalue weighted by atomic mass is 16.7. The first-order valence-corrected chi connectivity index (χ1v) is 7.55. The van der Waals surface area contributed by atoms with Crippen LogP contribution in [0.3, 0.4) is 0 Å². The van der Waals surface area contributed by atoms with Crippen LogP contribution in [0.5, 0.6) is 0 Å². The van der Waals surface area contributed by atoms with Gasteiger partial charge in [0.2, 0.25) is 5.28 Å². The lowest BCUT2D eigenvalue weighted by Crippen LogP contribution is -2.41. The highest BCUT2D eigenvalue weighted by Gasteiger charge is 2.52. The van der Waals surface area contributed by atoms with E-state index >= 15 is 0 Å². The van der Waals surface area contributed by atoms with Crippen molar-refractivity contribution in [1.82, 2.24) is 5.01 Å². The van der Waals surface area contributed by atoms with Crippen LogP contribution in [-0.4, -0.2) is 42.4 Å². The molecule has 1 aromatic carbocycles. The molecule has 0 radical (unpaired) electrons. The van der Waals surface area contributed by atoms with Gasteiger partial charge in [0.1, 0.15) is 6.61 Å². The Labute approximate surface area is 137 Å². The highest BCUT2D eigenvalue weighted by Crippen LogP contribution is 2.36. The second-order valence-corrected chi connectivity index (χ2v) is 6.74. The fourth-order valence-electron chi connectivity index (χ4n) is 2.09. The summed E-state index contributed by atoms with van der Waals surface area (Å²) in [4.78, 5) is 5.51. The minimum absolute atomic E-state index is 0.160. The number of hydrogen-bond acceptors (Lipinski definition) is 5. The van der Waals surface area contributed by atoms with Gasteiger partial charge >= 0.3 is 7.12 Å². The summed E-state index contributed by atoms with van der Waals surface area (Å²) in [6, 6.07) is 7.65. The molecule has 2 rings (SSSR count). The molecule has 1 aliphatic heterocycles. The molecule has 0 spiro atoms. The zero-order valence-electron chi connectivity index (χ0n) is 14.6. The van der Waals surface area contributed by atoms with E-state index in [1.54, 1.807) is 14.1 Å². The number of benzene rings is 1. The molecule has 0 atom stereocenters. The summed E-state index contributed by atoms with van der Waals surface area (Å²) in [5.74, 6) is 0. The van der Waals surface area contributed by atoms with Crippen LogP contribution < -0.4 is 5.46 Å². The largest absolute Gasteiger partial charge is 0.569 e. The van der Waals surface area contributed by atoms with Gasteiger partial charge in [-0.25, -0.2) is 0 Å². The van der Waals surface area contributed by atoms with E-state index in [0.717, 1.165) is 11.0 Å². The third-order valence-corrected chi connectivity index (χ3v) is 4.25. The molecule has 1 heterocycles. The van der Waals surface area contributed by atoms with Crippen molar-refractivity contribution in [2.75, 3.05) is 14.1 Å². The number of hydrogen-bond donors (Lipinski definition) is 0. The Morgan fingerprint density at radius 1 is 1.17 bits per heavy atom. The molecular formula is C15H24BN3O4. The summed E-state index contributed by atoms with van der Waals surface area (Å²) < 4.78 is 12.1. The van der Waals surface area contributed by atoms with E-state index < -0.39 is 18.3 Å². The van der Waals surface area contributed by atoms with E-state index in [2.05, 4.69) is 5.28 Å². The third-order valence-electron chi connectivity index (χ3n) is 4.25. The fraction of sp³-hybridized carbons (Fsp3) is 0.600. The first-order valence-electron chi connectivity index (χ1n) is 7.55. The molecule has 1 saturated heterocycles. The topological polar surface area (TPSA) is 69.4 Å². The van der Waals surface area contributed by atoms with Gasteiger partial charge in [-0.2, -0.15) is 5.01 Å². The van der Waals surface area contributed by atoms with Crippen LogP contribution in [0.1, 0.15) is 33.3 Å². The Kier molecular flexibility index (Phi) is 4.86. The zero-order chi connectivity index (χ0) is 17.3. The van der Waals surface area contributed by atoms with Crippen LogP contribution >= 0.6 is 0 Å². The Morgan fingerprint density at radius 3 is 2.30 bits per heavy atom. The SMILES string of the molecule is CN(C)/[N+]([O-])=N/OCc1ccccc1B1OC(C)(C)C(C)(C)O1. The Morgan fingerprint density at radius 2 is 1.74 bits per heavy atom. The monoisotopic (exact) mass is 321 g/mol. The number of rotatable bonds is 5. The van der Waals surface area contributed by atoms with Crippen molar-refractivity contribution in [2.24, 2.45) is 5.28 Å². The Hall–Kier alpha value is -1.80. The van der Waals surface area contributed by atoms with Gasteiger partial charge in [-0.05, 0) is 38.7 Å². The normalized spacial score (nSPS) is 19.7. The van der Waals surface area contributed by atoms with Gasteiger partial charge in [-0.1, -0.05) is 24.3 Å². The molecule has 8 heteroatoms. The molecular weight excluding hydrogens is 297 g/mol. The van der Waals surface area contributed by atoms with Crippen LogP contribution in [0, 0.1) is 5.21 Å². The van der Waals surface area contributed by atoms with E-state index in [0.29, 0.717) is 4.97 Å². The van der Waals surface area contributed by atoms with Crippen LogP contribution in [-0.2, 0) is 20.8 Å². The lowest BCUT2D eigenvalue weighted by molar-refractivity contribution is -0.700. The molecule has 7 nitrogen and oxygen atoms in total. The van der Waals surface area contributed by atoms with Crippen LogP contribution in [0.4, 0.5) is 0 Å². The van der Waals surface area contributed by atoms with Crippen LogP contribution in [0.25, 0.3) is 0 Å². The standard InChI is InChI=1S/C15H24BN3O4/c1-14(2)15(3,4)23-16(22-14)13-10-8-7-9-12(13)11-21-17-19(20)18(5)6/h7-10H,11H2,1-6H3/b19-17-. The minimum atomic E-state index is -0.475. The van der Waals surface area contributed by atoms with E-state index in [9.17, 15) is 5.21 Å². The quantitative estimate of drug-likeness (QED) is 0.358. The molecule has 0 bridgehead atoms. The van der Waals surface area contributed by atoms with E-state index in [-0.39, 0.29) is 6.61 Å². The van der Waals surface area contributed by atoms with E-state index in [1.807, 2.05) is 52.0 Å². The van der Waals surface area contributed by atoms with Crippen LogP contribution in [0.15, 0.2) is 29.5 Å². The van der Waals surface area contributed by atoms with E-state index in [4.69, 9.17) is 14.1 Å². The lowest BCUT2D eigenvalue weighted by Gasteiger charge is -2.32. The molecule has 0 N–H and O–H groups in total. The van der Waals surface area contributed by atoms with Gasteiger partial charge in [0, 0.05) is 0 Å². The first kappa shape index (κ1) is 17.6. The van der Waals surface area contributed by atoms with E-state index in [1.165, 1.54) is 5.01 Å². The van der Waals surface area contributed by atoms with Gasteiger partial charge in [-0.3, -0.25) is 0 Å². The molecule has 0 aromatic heterocycles. The van der Waals surface area contributed by atoms with Crippen molar-refractivity contribution in [3.05, 3.63) is 35.0 Å². The third kappa shape index (κ3) is 3.76. The number of hydrazine groups is 1. The average molecular weight is 321 g/mol. The maximum absolute atomic E-state index is 11.3. The highest BCUT2D eigenvalue weighted by molar-refractivity contribution is 6.62. The minimum Gasteiger partial charge on any atom is -0.569 e. The predicted octanol–water partition coefficient (Wildman–Crippen LogP) is 1.86.